The Hall–Kier alpha value is -3.98. The normalized spacial score (nSPS) is 17.8. The first-order valence-electron chi connectivity index (χ1n) is 15.5. The van der Waals surface area contributed by atoms with E-state index in [0.29, 0.717) is 17.6 Å². The van der Waals surface area contributed by atoms with E-state index in [9.17, 15) is 5.11 Å². The van der Waals surface area contributed by atoms with Gasteiger partial charge >= 0.3 is 7.12 Å². The van der Waals surface area contributed by atoms with Crippen LogP contribution in [0.25, 0.3) is 0 Å². The van der Waals surface area contributed by atoms with Crippen LogP contribution in [0.15, 0.2) is 138 Å². The first-order valence-corrected chi connectivity index (χ1v) is 15.5. The van der Waals surface area contributed by atoms with Crippen molar-refractivity contribution in [3.63, 3.8) is 0 Å². The molecule has 6 nitrogen and oxygen atoms in total. The second-order valence-electron chi connectivity index (χ2n) is 11.3. The molecule has 2 heterocycles. The molecule has 4 aromatic carbocycles. The van der Waals surface area contributed by atoms with E-state index in [1.54, 1.807) is 20.5 Å². The van der Waals surface area contributed by atoms with E-state index in [-0.39, 0.29) is 0 Å². The lowest BCUT2D eigenvalue weighted by molar-refractivity contribution is -0.136. The number of hydrogen-bond acceptors (Lipinski definition) is 6. The van der Waals surface area contributed by atoms with Gasteiger partial charge in [0.15, 0.2) is 0 Å². The van der Waals surface area contributed by atoms with Crippen molar-refractivity contribution in [2.75, 3.05) is 14.2 Å². The molecule has 1 fully saturated rings. The number of hydrogen-bond donors (Lipinski definition) is 1. The number of aliphatic hydroxyl groups is 1. The lowest BCUT2D eigenvalue weighted by atomic mass is 9.71. The van der Waals surface area contributed by atoms with Crippen molar-refractivity contribution in [1.82, 2.24) is 0 Å². The molecule has 7 heteroatoms. The highest BCUT2D eigenvalue weighted by Crippen LogP contribution is 2.50. The Morgan fingerprint density at radius 2 is 1.02 bits per heavy atom. The number of rotatable bonds is 12. The third-order valence-corrected chi connectivity index (χ3v) is 8.92. The Balaban J connectivity index is 1.63. The van der Waals surface area contributed by atoms with Crippen LogP contribution in [0.5, 0.6) is 0 Å². The molecule has 5 aromatic rings. The third-order valence-electron chi connectivity index (χ3n) is 8.92. The lowest BCUT2D eigenvalue weighted by Gasteiger charge is -2.46. The van der Waals surface area contributed by atoms with Crippen LogP contribution in [0.3, 0.4) is 0 Å². The zero-order chi connectivity index (χ0) is 31.3. The van der Waals surface area contributed by atoms with E-state index in [2.05, 4.69) is 48.5 Å². The molecule has 1 N–H and O–H groups in total. The van der Waals surface area contributed by atoms with E-state index in [0.717, 1.165) is 28.7 Å². The van der Waals surface area contributed by atoms with Crippen LogP contribution < -0.4 is 5.46 Å². The van der Waals surface area contributed by atoms with Crippen LogP contribution >= 0.6 is 0 Å². The molecule has 0 spiro atoms. The van der Waals surface area contributed by atoms with Crippen molar-refractivity contribution in [3.05, 3.63) is 162 Å². The van der Waals surface area contributed by atoms with Gasteiger partial charge in [0, 0.05) is 19.7 Å². The van der Waals surface area contributed by atoms with Gasteiger partial charge in [-0.2, -0.15) is 0 Å². The fourth-order valence-electron chi connectivity index (χ4n) is 6.84. The number of benzene rings is 4. The maximum absolute atomic E-state index is 11.1. The second-order valence-corrected chi connectivity index (χ2v) is 11.3. The maximum Gasteiger partial charge on any atom is 0.498 e. The van der Waals surface area contributed by atoms with Gasteiger partial charge in [-0.15, -0.1) is 0 Å². The fourth-order valence-corrected chi connectivity index (χ4v) is 6.84. The highest BCUT2D eigenvalue weighted by Gasteiger charge is 2.62. The highest BCUT2D eigenvalue weighted by molar-refractivity contribution is 6.62. The minimum Gasteiger partial charge on any atom is -0.467 e. The number of furan rings is 1. The van der Waals surface area contributed by atoms with Crippen molar-refractivity contribution >= 4 is 12.6 Å². The summed E-state index contributed by atoms with van der Waals surface area (Å²) in [4.78, 5) is 0. The van der Waals surface area contributed by atoms with E-state index in [1.807, 2.05) is 85.8 Å². The van der Waals surface area contributed by atoms with Crippen molar-refractivity contribution in [3.8, 4) is 0 Å². The van der Waals surface area contributed by atoms with Crippen LogP contribution in [-0.4, -0.2) is 38.7 Å². The number of ether oxygens (including phenoxy) is 2. The summed E-state index contributed by atoms with van der Waals surface area (Å²) < 4.78 is 33.4. The third kappa shape index (κ3) is 5.45. The van der Waals surface area contributed by atoms with Crippen LogP contribution in [0.4, 0.5) is 0 Å². The molecule has 1 aliphatic rings. The summed E-state index contributed by atoms with van der Waals surface area (Å²) in [5, 5.41) is 11.1. The molecule has 0 amide bonds. The van der Waals surface area contributed by atoms with Crippen LogP contribution in [0, 0.1) is 0 Å². The molecule has 0 radical (unpaired) electrons. The molecule has 0 unspecified atom stereocenters. The Morgan fingerprint density at radius 1 is 0.644 bits per heavy atom. The Kier molecular flexibility index (Phi) is 9.36. The largest absolute Gasteiger partial charge is 0.498 e. The van der Waals surface area contributed by atoms with Gasteiger partial charge in [-0.05, 0) is 34.7 Å². The van der Waals surface area contributed by atoms with Crippen LogP contribution in [-0.2, 0) is 30.0 Å². The maximum atomic E-state index is 11.1. The average molecular weight is 603 g/mol. The molecule has 0 aliphatic carbocycles. The SMILES string of the molecule is CCC[C@@H](O)c1occc1B1O[C@@H](C(OC)(c2ccccc2)c2ccccc2)[C@H](C(OC)(c2ccccc2)c2ccccc2)O1. The number of aliphatic hydroxyl groups excluding tert-OH is 1. The zero-order valence-corrected chi connectivity index (χ0v) is 25.9. The Bertz CT molecular complexity index is 1450. The van der Waals surface area contributed by atoms with Gasteiger partial charge in [0.2, 0.25) is 0 Å². The lowest BCUT2D eigenvalue weighted by Crippen LogP contribution is -2.56. The molecule has 45 heavy (non-hydrogen) atoms. The van der Waals surface area contributed by atoms with Gasteiger partial charge in [0.05, 0.1) is 6.26 Å². The van der Waals surface area contributed by atoms with Gasteiger partial charge in [-0.25, -0.2) is 0 Å². The first kappa shape index (κ1) is 31.0. The van der Waals surface area contributed by atoms with Gasteiger partial charge in [0.25, 0.3) is 0 Å². The quantitative estimate of drug-likeness (QED) is 0.159. The average Bonchev–Trinajstić information content (AvgIpc) is 3.77. The van der Waals surface area contributed by atoms with Crippen molar-refractivity contribution in [2.45, 2.75) is 49.3 Å². The summed E-state index contributed by atoms with van der Waals surface area (Å²) in [6, 6.07) is 42.2. The van der Waals surface area contributed by atoms with Crippen LogP contribution in [0.2, 0.25) is 0 Å². The second kappa shape index (κ2) is 13.6. The van der Waals surface area contributed by atoms with E-state index < -0.39 is 36.6 Å². The first-order chi connectivity index (χ1) is 22.1. The predicted octanol–water partition coefficient (Wildman–Crippen LogP) is 6.77. The van der Waals surface area contributed by atoms with Crippen molar-refractivity contribution in [1.29, 1.82) is 0 Å². The summed E-state index contributed by atoms with van der Waals surface area (Å²) in [5.41, 5.74) is 2.01. The summed E-state index contributed by atoms with van der Waals surface area (Å²) in [6.07, 6.45) is 0.631. The topological polar surface area (TPSA) is 70.3 Å². The molecule has 0 bridgehead atoms. The standard InChI is InChI=1S/C38H39BO6/c1-4-17-33(40)34-32(26-27-43-34)39-44-35(37(41-2,28-18-9-5-10-19-28)29-20-11-6-12-21-29)36(45-39)38(42-3,30-22-13-7-14-23-30)31-24-15-8-16-25-31/h5-16,18-27,33,35-36,40H,4,17H2,1-3H3/t33-,35-,36-/m1/s1. The molecule has 1 aliphatic heterocycles. The summed E-state index contributed by atoms with van der Waals surface area (Å²) >= 11 is 0. The van der Waals surface area contributed by atoms with Crippen LogP contribution in [0.1, 0.15) is 53.9 Å². The van der Waals surface area contributed by atoms with Gasteiger partial charge in [-0.1, -0.05) is 135 Å². The van der Waals surface area contributed by atoms with E-state index in [1.165, 1.54) is 0 Å². The van der Waals surface area contributed by atoms with Gasteiger partial charge in [-0.3, -0.25) is 0 Å². The smallest absolute Gasteiger partial charge is 0.467 e. The summed E-state index contributed by atoms with van der Waals surface area (Å²) in [5.74, 6) is 0.436. The van der Waals surface area contributed by atoms with E-state index >= 15 is 0 Å². The zero-order valence-electron chi connectivity index (χ0n) is 25.9. The molecular formula is C38H39BO6. The molecule has 1 saturated heterocycles. The Morgan fingerprint density at radius 3 is 1.36 bits per heavy atom. The molecule has 1 aromatic heterocycles. The van der Waals surface area contributed by atoms with Gasteiger partial charge < -0.3 is 28.3 Å². The number of methoxy groups -OCH3 is 2. The summed E-state index contributed by atoms with van der Waals surface area (Å²) in [7, 11) is 2.53. The minimum atomic E-state index is -1.12. The fraction of sp³-hybridized carbons (Fsp3) is 0.263. The highest BCUT2D eigenvalue weighted by atomic mass is 16.7. The van der Waals surface area contributed by atoms with Gasteiger partial charge in [0.1, 0.15) is 35.3 Å². The molecule has 3 atom stereocenters. The molecule has 0 saturated carbocycles. The van der Waals surface area contributed by atoms with E-state index in [4.69, 9.17) is 23.2 Å². The predicted molar refractivity (Wildman–Crippen MR) is 175 cm³/mol. The Labute approximate surface area is 265 Å². The van der Waals surface area contributed by atoms with Crippen molar-refractivity contribution in [2.24, 2.45) is 0 Å². The van der Waals surface area contributed by atoms with Crippen molar-refractivity contribution < 1.29 is 28.3 Å². The molecule has 6 rings (SSSR count). The molecule has 230 valence electrons. The molecular weight excluding hydrogens is 563 g/mol. The monoisotopic (exact) mass is 602 g/mol. The summed E-state index contributed by atoms with van der Waals surface area (Å²) in [6.45, 7) is 2.03. The minimum absolute atomic E-state index is 0.436.